The predicted octanol–water partition coefficient (Wildman–Crippen LogP) is 3.65. The van der Waals surface area contributed by atoms with Gasteiger partial charge < -0.3 is 5.11 Å². The van der Waals surface area contributed by atoms with Crippen LogP contribution in [0.5, 0.6) is 0 Å². The molecule has 0 radical (unpaired) electrons. The highest BCUT2D eigenvalue weighted by Gasteiger charge is 2.67. The number of carbonyl (C=O) groups is 3. The van der Waals surface area contributed by atoms with E-state index in [9.17, 15) is 19.5 Å². The molecule has 2 rings (SSSR count). The van der Waals surface area contributed by atoms with Crippen molar-refractivity contribution in [3.05, 3.63) is 48.8 Å². The molecule has 24 heavy (non-hydrogen) atoms. The first-order valence-electron chi connectivity index (χ1n) is 8.14. The number of hydrogen-bond acceptors (Lipinski definition) is 4. The molecule has 0 amide bonds. The van der Waals surface area contributed by atoms with Gasteiger partial charge in [0.1, 0.15) is 5.76 Å². The molecule has 0 aliphatic heterocycles. The molecule has 1 N–H and O–H groups in total. The molecule has 0 aromatic rings. The van der Waals surface area contributed by atoms with Gasteiger partial charge in [-0.2, -0.15) is 0 Å². The molecule has 2 aliphatic carbocycles. The van der Waals surface area contributed by atoms with Crippen molar-refractivity contribution < 1.29 is 19.5 Å². The molecule has 4 nitrogen and oxygen atoms in total. The van der Waals surface area contributed by atoms with Crippen molar-refractivity contribution in [3.8, 4) is 0 Å². The van der Waals surface area contributed by atoms with Crippen LogP contribution in [-0.2, 0) is 14.4 Å². The van der Waals surface area contributed by atoms with Gasteiger partial charge in [0.15, 0.2) is 22.8 Å². The number of fused-ring (bicyclic) bond motifs is 2. The Bertz CT molecular complexity index is 694. The Hall–Kier alpha value is -2.23. The molecule has 2 aliphatic rings. The van der Waals surface area contributed by atoms with E-state index in [1.54, 1.807) is 19.9 Å². The van der Waals surface area contributed by atoms with Crippen LogP contribution in [-0.4, -0.2) is 22.5 Å². The Labute approximate surface area is 142 Å². The van der Waals surface area contributed by atoms with E-state index in [-0.39, 0.29) is 37.0 Å². The van der Waals surface area contributed by atoms with Crippen LogP contribution in [0.4, 0.5) is 0 Å². The fourth-order valence-electron chi connectivity index (χ4n) is 4.11. The fourth-order valence-corrected chi connectivity index (χ4v) is 4.11. The number of hydrogen-bond donors (Lipinski definition) is 1. The molecule has 4 heteroatoms. The van der Waals surface area contributed by atoms with E-state index >= 15 is 0 Å². The van der Waals surface area contributed by atoms with Gasteiger partial charge in [0.05, 0.1) is 5.41 Å². The molecular formula is C20H24O4. The largest absolute Gasteiger partial charge is 0.511 e. The van der Waals surface area contributed by atoms with Crippen molar-refractivity contribution in [3.63, 3.8) is 0 Å². The Balaban J connectivity index is 2.86. The second kappa shape index (κ2) is 6.00. The Morgan fingerprint density at radius 1 is 1.25 bits per heavy atom. The first-order valence-corrected chi connectivity index (χ1v) is 8.14. The molecule has 0 unspecified atom stereocenters. The zero-order chi connectivity index (χ0) is 18.3. The van der Waals surface area contributed by atoms with E-state index in [0.29, 0.717) is 5.57 Å². The summed E-state index contributed by atoms with van der Waals surface area (Å²) < 4.78 is 0. The summed E-state index contributed by atoms with van der Waals surface area (Å²) in [5, 5.41) is 10.8. The molecule has 1 saturated carbocycles. The Morgan fingerprint density at radius 3 is 2.38 bits per heavy atom. The van der Waals surface area contributed by atoms with E-state index < -0.39 is 34.1 Å². The summed E-state index contributed by atoms with van der Waals surface area (Å²) >= 11 is 0. The van der Waals surface area contributed by atoms with Gasteiger partial charge in [-0.25, -0.2) is 0 Å². The zero-order valence-corrected chi connectivity index (χ0v) is 14.4. The van der Waals surface area contributed by atoms with Crippen LogP contribution in [0.3, 0.4) is 0 Å². The highest BCUT2D eigenvalue weighted by molar-refractivity contribution is 6.33. The van der Waals surface area contributed by atoms with Gasteiger partial charge >= 0.3 is 0 Å². The third-order valence-corrected chi connectivity index (χ3v) is 5.08. The maximum absolute atomic E-state index is 13.4. The average molecular weight is 328 g/mol. The Kier molecular flexibility index (Phi) is 4.53. The van der Waals surface area contributed by atoms with Gasteiger partial charge in [0.2, 0.25) is 0 Å². The number of allylic oxidation sites excluding steroid dienone is 5. The lowest BCUT2D eigenvalue weighted by atomic mass is 9.49. The zero-order valence-electron chi connectivity index (χ0n) is 14.4. The van der Waals surface area contributed by atoms with Crippen molar-refractivity contribution in [2.75, 3.05) is 0 Å². The van der Waals surface area contributed by atoms with Crippen LogP contribution in [0.1, 0.15) is 39.5 Å². The normalized spacial score (nSPS) is 29.9. The van der Waals surface area contributed by atoms with Gasteiger partial charge in [0, 0.05) is 11.5 Å². The van der Waals surface area contributed by atoms with E-state index in [4.69, 9.17) is 0 Å². The molecule has 2 bridgehead atoms. The highest BCUT2D eigenvalue weighted by Crippen LogP contribution is 2.57. The molecule has 0 spiro atoms. The molecular weight excluding hydrogens is 304 g/mol. The Morgan fingerprint density at radius 2 is 1.88 bits per heavy atom. The number of Topliss-reactive ketones (excluding diaryl/α,β-unsaturated/α-hetero) is 3. The highest BCUT2D eigenvalue weighted by atomic mass is 16.3. The SMILES string of the molecule is C=CCC1=C(O)[C@]2(CC=C)CC(=C)C[C@](C(=O)C(C)C)(C1=O)C2=O. The molecule has 0 aromatic carbocycles. The van der Waals surface area contributed by atoms with E-state index in [1.165, 1.54) is 6.08 Å². The first kappa shape index (κ1) is 18.1. The van der Waals surface area contributed by atoms with Crippen LogP contribution in [0.15, 0.2) is 48.8 Å². The summed E-state index contributed by atoms with van der Waals surface area (Å²) in [5.74, 6) is -2.22. The van der Waals surface area contributed by atoms with Crippen LogP contribution >= 0.6 is 0 Å². The third kappa shape index (κ3) is 2.16. The van der Waals surface area contributed by atoms with Crippen molar-refractivity contribution in [2.24, 2.45) is 16.7 Å². The number of ketones is 3. The standard InChI is InChI=1S/C20H24O4/c1-6-8-14-16(22)19(9-7-2)10-13(5)11-20(17(14)23,18(19)24)15(21)12(3)4/h6-7,12,22H,1-2,5,8-11H2,3-4H3/t19-,20-/m0/s1. The smallest absolute Gasteiger partial charge is 0.183 e. The van der Waals surface area contributed by atoms with Crippen LogP contribution in [0.25, 0.3) is 0 Å². The van der Waals surface area contributed by atoms with Crippen molar-refractivity contribution in [1.29, 1.82) is 0 Å². The van der Waals surface area contributed by atoms with Crippen molar-refractivity contribution in [1.82, 2.24) is 0 Å². The molecule has 0 heterocycles. The van der Waals surface area contributed by atoms with Gasteiger partial charge in [-0.1, -0.05) is 38.2 Å². The average Bonchev–Trinajstić information content (AvgIpc) is 2.52. The minimum absolute atomic E-state index is 0.0223. The summed E-state index contributed by atoms with van der Waals surface area (Å²) in [6, 6.07) is 0. The number of carbonyl (C=O) groups excluding carboxylic acids is 3. The molecule has 0 saturated heterocycles. The molecule has 128 valence electrons. The van der Waals surface area contributed by atoms with Crippen LogP contribution in [0.2, 0.25) is 0 Å². The lowest BCUT2D eigenvalue weighted by Crippen LogP contribution is -2.61. The molecule has 0 aromatic heterocycles. The maximum Gasteiger partial charge on any atom is 0.183 e. The van der Waals surface area contributed by atoms with E-state index in [0.717, 1.165) is 0 Å². The van der Waals surface area contributed by atoms with Gasteiger partial charge in [0.25, 0.3) is 0 Å². The lowest BCUT2D eigenvalue weighted by Gasteiger charge is -2.49. The van der Waals surface area contributed by atoms with Crippen molar-refractivity contribution in [2.45, 2.75) is 39.5 Å². The van der Waals surface area contributed by atoms with Crippen LogP contribution in [0, 0.1) is 16.7 Å². The predicted molar refractivity (Wildman–Crippen MR) is 92.4 cm³/mol. The van der Waals surface area contributed by atoms with Crippen LogP contribution < -0.4 is 0 Å². The summed E-state index contributed by atoms with van der Waals surface area (Å²) in [5.41, 5.74) is -2.33. The molecule has 1 fully saturated rings. The second-order valence-electron chi connectivity index (χ2n) is 7.08. The first-order chi connectivity index (χ1) is 11.2. The number of aliphatic hydroxyl groups is 1. The van der Waals surface area contributed by atoms with Gasteiger partial charge in [-0.15, -0.1) is 13.2 Å². The van der Waals surface area contributed by atoms with Gasteiger partial charge in [-0.3, -0.25) is 14.4 Å². The summed E-state index contributed by atoms with van der Waals surface area (Å²) in [4.78, 5) is 39.4. The van der Waals surface area contributed by atoms with E-state index in [2.05, 4.69) is 19.7 Å². The quantitative estimate of drug-likeness (QED) is 0.597. The van der Waals surface area contributed by atoms with E-state index in [1.807, 2.05) is 0 Å². The number of rotatable bonds is 6. The second-order valence-corrected chi connectivity index (χ2v) is 7.08. The summed E-state index contributed by atoms with van der Waals surface area (Å²) in [6.45, 7) is 14.6. The minimum atomic E-state index is -1.77. The summed E-state index contributed by atoms with van der Waals surface area (Å²) in [6.07, 6.45) is 3.57. The lowest BCUT2D eigenvalue weighted by molar-refractivity contribution is -0.158. The molecule has 2 atom stereocenters. The van der Waals surface area contributed by atoms with Gasteiger partial charge in [-0.05, 0) is 25.7 Å². The fraction of sp³-hybridized carbons (Fsp3) is 0.450. The van der Waals surface area contributed by atoms with Crippen molar-refractivity contribution >= 4 is 17.3 Å². The topological polar surface area (TPSA) is 71.4 Å². The number of aliphatic hydroxyl groups excluding tert-OH is 1. The minimum Gasteiger partial charge on any atom is -0.511 e. The maximum atomic E-state index is 13.4. The summed E-state index contributed by atoms with van der Waals surface area (Å²) in [7, 11) is 0. The monoisotopic (exact) mass is 328 g/mol. The third-order valence-electron chi connectivity index (χ3n) is 5.08.